The number of hydrogen-bond acceptors (Lipinski definition) is 6. The first-order chi connectivity index (χ1) is 15.6. The predicted molar refractivity (Wildman–Crippen MR) is 122 cm³/mol. The molecule has 1 aliphatic heterocycles. The number of aliphatic imine (C=N–C) groups is 1. The lowest BCUT2D eigenvalue weighted by atomic mass is 10.1. The van der Waals surface area contributed by atoms with Gasteiger partial charge in [-0.2, -0.15) is 0 Å². The van der Waals surface area contributed by atoms with Gasteiger partial charge in [0.05, 0.1) is 12.1 Å². The fraction of sp³-hybridized carbons (Fsp3) is 0.120. The van der Waals surface area contributed by atoms with Gasteiger partial charge < -0.3 is 18.9 Å². The van der Waals surface area contributed by atoms with Crippen molar-refractivity contribution in [2.24, 2.45) is 4.99 Å². The van der Waals surface area contributed by atoms with Gasteiger partial charge in [0.15, 0.2) is 17.2 Å². The number of hydrogen-bond donors (Lipinski definition) is 0. The van der Waals surface area contributed by atoms with Gasteiger partial charge in [0, 0.05) is 5.56 Å². The highest BCUT2D eigenvalue weighted by Gasteiger charge is 2.24. The van der Waals surface area contributed by atoms with Crippen molar-refractivity contribution in [2.75, 3.05) is 20.3 Å². The number of para-hydroxylation sites is 1. The Balaban J connectivity index is 1.48. The Morgan fingerprint density at radius 3 is 2.38 bits per heavy atom. The number of methoxy groups -OCH3 is 1. The Kier molecular flexibility index (Phi) is 6.72. The van der Waals surface area contributed by atoms with E-state index in [0.29, 0.717) is 28.7 Å². The minimum absolute atomic E-state index is 0.173. The topological polar surface area (TPSA) is 66.4 Å². The third kappa shape index (κ3) is 5.10. The van der Waals surface area contributed by atoms with Crippen molar-refractivity contribution in [1.29, 1.82) is 0 Å². The lowest BCUT2D eigenvalue weighted by Crippen LogP contribution is -2.10. The Bertz CT molecular complexity index is 1160. The number of halogens is 1. The molecule has 3 aromatic rings. The molecule has 0 spiro atoms. The fourth-order valence-corrected chi connectivity index (χ4v) is 3.33. The van der Waals surface area contributed by atoms with Crippen molar-refractivity contribution in [3.05, 3.63) is 94.6 Å². The summed E-state index contributed by atoms with van der Waals surface area (Å²) in [5.41, 5.74) is 1.53. The van der Waals surface area contributed by atoms with Gasteiger partial charge in [-0.3, -0.25) is 0 Å². The number of nitrogens with zero attached hydrogens (tertiary/aromatic N) is 1. The number of carbonyl (C=O) groups excluding carboxylic acids is 1. The molecular formula is C25H20ClNO5. The highest BCUT2D eigenvalue weighted by Crippen LogP contribution is 2.37. The van der Waals surface area contributed by atoms with Crippen LogP contribution in [0.3, 0.4) is 0 Å². The number of cyclic esters (lactones) is 1. The van der Waals surface area contributed by atoms with E-state index in [0.717, 1.165) is 11.3 Å². The third-order valence-corrected chi connectivity index (χ3v) is 4.82. The van der Waals surface area contributed by atoms with E-state index in [1.165, 1.54) is 7.11 Å². The van der Waals surface area contributed by atoms with E-state index < -0.39 is 5.97 Å². The van der Waals surface area contributed by atoms with Crippen LogP contribution in [0.1, 0.15) is 11.1 Å². The summed E-state index contributed by atoms with van der Waals surface area (Å²) >= 11 is 6.43. The van der Waals surface area contributed by atoms with Crippen LogP contribution in [0.2, 0.25) is 5.02 Å². The molecule has 32 heavy (non-hydrogen) atoms. The van der Waals surface area contributed by atoms with Gasteiger partial charge in [0.25, 0.3) is 0 Å². The highest BCUT2D eigenvalue weighted by molar-refractivity contribution is 6.32. The molecule has 0 unspecified atom stereocenters. The summed E-state index contributed by atoms with van der Waals surface area (Å²) in [6.07, 6.45) is 1.59. The van der Waals surface area contributed by atoms with Crippen LogP contribution >= 0.6 is 11.6 Å². The van der Waals surface area contributed by atoms with Gasteiger partial charge in [-0.25, -0.2) is 9.79 Å². The molecule has 0 aliphatic carbocycles. The smallest absolute Gasteiger partial charge is 0.363 e. The van der Waals surface area contributed by atoms with E-state index in [-0.39, 0.29) is 18.2 Å². The standard InChI is InChI=1S/C25H20ClNO5/c1-29-22-16-17(15-21-25(28)32-24(27-21)18-8-4-2-5-9-18)14-20(26)23(22)31-13-12-30-19-10-6-3-7-11-19/h2-11,14-16H,12-13H2,1H3. The lowest BCUT2D eigenvalue weighted by Gasteiger charge is -2.14. The second-order valence-corrected chi connectivity index (χ2v) is 7.15. The number of carbonyl (C=O) groups is 1. The van der Waals surface area contributed by atoms with Crippen LogP contribution in [0.5, 0.6) is 17.2 Å². The van der Waals surface area contributed by atoms with E-state index in [1.54, 1.807) is 18.2 Å². The second-order valence-electron chi connectivity index (χ2n) is 6.75. The molecule has 162 valence electrons. The van der Waals surface area contributed by atoms with Crippen LogP contribution in [0.25, 0.3) is 6.08 Å². The van der Waals surface area contributed by atoms with E-state index in [4.69, 9.17) is 30.5 Å². The van der Waals surface area contributed by atoms with Gasteiger partial charge >= 0.3 is 5.97 Å². The molecule has 0 aromatic heterocycles. The first kappa shape index (κ1) is 21.5. The molecule has 0 radical (unpaired) electrons. The minimum Gasteiger partial charge on any atom is -0.493 e. The van der Waals surface area contributed by atoms with Crippen LogP contribution in [-0.4, -0.2) is 32.2 Å². The summed E-state index contributed by atoms with van der Waals surface area (Å²) in [4.78, 5) is 16.6. The van der Waals surface area contributed by atoms with Crippen molar-refractivity contribution < 1.29 is 23.7 Å². The average molecular weight is 450 g/mol. The summed E-state index contributed by atoms with van der Waals surface area (Å²) in [5.74, 6) is 1.32. The molecule has 3 aromatic carbocycles. The third-order valence-electron chi connectivity index (χ3n) is 4.54. The van der Waals surface area contributed by atoms with Gasteiger partial charge in [0.1, 0.15) is 19.0 Å². The van der Waals surface area contributed by atoms with Crippen LogP contribution in [0.4, 0.5) is 0 Å². The molecule has 1 aliphatic rings. The highest BCUT2D eigenvalue weighted by atomic mass is 35.5. The SMILES string of the molecule is COc1cc(C=C2N=C(c3ccccc3)OC2=O)cc(Cl)c1OCCOc1ccccc1. The Morgan fingerprint density at radius 2 is 1.66 bits per heavy atom. The molecule has 1 heterocycles. The van der Waals surface area contributed by atoms with E-state index in [2.05, 4.69) is 4.99 Å². The van der Waals surface area contributed by atoms with Gasteiger partial charge in [-0.05, 0) is 48.0 Å². The van der Waals surface area contributed by atoms with Crippen LogP contribution in [0.15, 0.2) is 83.5 Å². The van der Waals surface area contributed by atoms with Gasteiger partial charge in [-0.1, -0.05) is 48.0 Å². The van der Waals surface area contributed by atoms with Crippen LogP contribution < -0.4 is 14.2 Å². The summed E-state index contributed by atoms with van der Waals surface area (Å²) in [6.45, 7) is 0.626. The van der Waals surface area contributed by atoms with Crippen LogP contribution in [-0.2, 0) is 9.53 Å². The normalized spacial score (nSPS) is 14.1. The maximum absolute atomic E-state index is 12.3. The van der Waals surface area contributed by atoms with Crippen molar-refractivity contribution in [2.45, 2.75) is 0 Å². The Labute approximate surface area is 190 Å². The first-order valence-electron chi connectivity index (χ1n) is 9.90. The summed E-state index contributed by atoms with van der Waals surface area (Å²) in [5, 5.41) is 0.342. The number of rotatable bonds is 8. The molecule has 0 saturated heterocycles. The number of esters is 1. The monoisotopic (exact) mass is 449 g/mol. The summed E-state index contributed by atoms with van der Waals surface area (Å²) in [6, 6.07) is 22.1. The predicted octanol–water partition coefficient (Wildman–Crippen LogP) is 5.15. The van der Waals surface area contributed by atoms with E-state index >= 15 is 0 Å². The minimum atomic E-state index is -0.530. The molecule has 6 nitrogen and oxygen atoms in total. The van der Waals surface area contributed by atoms with Crippen molar-refractivity contribution >= 4 is 29.5 Å². The molecular weight excluding hydrogens is 430 g/mol. The molecule has 4 rings (SSSR count). The van der Waals surface area contributed by atoms with Crippen LogP contribution in [0, 0.1) is 0 Å². The Hall–Kier alpha value is -3.77. The zero-order valence-electron chi connectivity index (χ0n) is 17.3. The molecule has 0 saturated carbocycles. The van der Waals surface area contributed by atoms with E-state index in [9.17, 15) is 4.79 Å². The molecule has 0 bridgehead atoms. The second kappa shape index (κ2) is 10.0. The van der Waals surface area contributed by atoms with Crippen molar-refractivity contribution in [1.82, 2.24) is 0 Å². The fourth-order valence-electron chi connectivity index (χ4n) is 3.05. The van der Waals surface area contributed by atoms with Gasteiger partial charge in [-0.15, -0.1) is 0 Å². The summed E-state index contributed by atoms with van der Waals surface area (Å²) in [7, 11) is 1.52. The maximum Gasteiger partial charge on any atom is 0.363 e. The number of ether oxygens (including phenoxy) is 4. The summed E-state index contributed by atoms with van der Waals surface area (Å²) < 4.78 is 22.1. The van der Waals surface area contributed by atoms with Crippen molar-refractivity contribution in [3.8, 4) is 17.2 Å². The quantitative estimate of drug-likeness (QED) is 0.270. The van der Waals surface area contributed by atoms with Gasteiger partial charge in [0.2, 0.25) is 5.90 Å². The lowest BCUT2D eigenvalue weighted by molar-refractivity contribution is -0.129. The molecule has 0 amide bonds. The molecule has 0 fully saturated rings. The maximum atomic E-state index is 12.3. The molecule has 0 atom stereocenters. The molecule has 0 N–H and O–H groups in total. The zero-order chi connectivity index (χ0) is 22.3. The zero-order valence-corrected chi connectivity index (χ0v) is 18.0. The Morgan fingerprint density at radius 1 is 0.969 bits per heavy atom. The molecule has 7 heteroatoms. The van der Waals surface area contributed by atoms with E-state index in [1.807, 2.05) is 60.7 Å². The number of benzene rings is 3. The average Bonchev–Trinajstić information content (AvgIpc) is 3.18. The first-order valence-corrected chi connectivity index (χ1v) is 10.3. The largest absolute Gasteiger partial charge is 0.493 e. The van der Waals surface area contributed by atoms with Crippen molar-refractivity contribution in [3.63, 3.8) is 0 Å².